The summed E-state index contributed by atoms with van der Waals surface area (Å²) in [5, 5.41) is 3.34. The molecule has 2 amide bonds. The highest BCUT2D eigenvalue weighted by Gasteiger charge is 2.62. The van der Waals surface area contributed by atoms with Gasteiger partial charge in [-0.3, -0.25) is 19.5 Å². The third-order valence-electron chi connectivity index (χ3n) is 15.5. The van der Waals surface area contributed by atoms with E-state index in [1.165, 1.54) is 6.07 Å². The summed E-state index contributed by atoms with van der Waals surface area (Å²) >= 11 is 0. The number of carbonyl (C=O) groups excluding carboxylic acids is 3. The molecular weight excluding hydrogens is 1090 g/mol. The predicted molar refractivity (Wildman–Crippen MR) is 257 cm³/mol. The maximum absolute atomic E-state index is 15.5. The minimum absolute atomic E-state index is 0.0193. The van der Waals surface area contributed by atoms with Crippen LogP contribution in [0.3, 0.4) is 0 Å². The maximum Gasteiger partial charge on any atom is 0.434 e. The highest BCUT2D eigenvalue weighted by atomic mass is 19.4. The lowest BCUT2D eigenvalue weighted by molar-refractivity contribution is -0.309. The largest absolute Gasteiger partial charge is 0.434 e. The average molecular weight is 1160 g/mol. The lowest BCUT2D eigenvalue weighted by Gasteiger charge is -2.39. The number of hydrogen-bond acceptors (Lipinski definition) is 11. The van der Waals surface area contributed by atoms with Crippen LogP contribution in [0.15, 0.2) is 36.4 Å². The van der Waals surface area contributed by atoms with Gasteiger partial charge in [-0.1, -0.05) is 30.3 Å². The number of nitrogens with one attached hydrogen (secondary N) is 1. The molecular formula is C52H68F14N6O7. The molecule has 2 aromatic rings. The molecule has 8 rings (SSSR count). The van der Waals surface area contributed by atoms with E-state index in [9.17, 15) is 71.5 Å². The van der Waals surface area contributed by atoms with Gasteiger partial charge in [-0.25, -0.2) is 18.4 Å². The van der Waals surface area contributed by atoms with Crippen molar-refractivity contribution in [3.8, 4) is 0 Å². The molecule has 0 aromatic heterocycles. The fourth-order valence-corrected chi connectivity index (χ4v) is 11.4. The molecule has 6 heterocycles. The molecule has 446 valence electrons. The van der Waals surface area contributed by atoms with Gasteiger partial charge in [-0.2, -0.15) is 52.7 Å². The normalized spacial score (nSPS) is 21.9. The van der Waals surface area contributed by atoms with Gasteiger partial charge in [0.25, 0.3) is 12.2 Å². The van der Waals surface area contributed by atoms with E-state index in [4.69, 9.17) is 9.47 Å². The Morgan fingerprint density at radius 3 is 1.37 bits per heavy atom. The van der Waals surface area contributed by atoms with Gasteiger partial charge in [0.2, 0.25) is 0 Å². The van der Waals surface area contributed by atoms with Gasteiger partial charge in [0, 0.05) is 113 Å². The molecule has 0 bridgehead atoms. The molecule has 2 spiro atoms. The van der Waals surface area contributed by atoms with Crippen LogP contribution in [0, 0.1) is 22.5 Å². The third-order valence-corrected chi connectivity index (χ3v) is 15.5. The van der Waals surface area contributed by atoms with Crippen molar-refractivity contribution in [3.63, 3.8) is 0 Å². The van der Waals surface area contributed by atoms with E-state index in [1.54, 1.807) is 24.3 Å². The highest BCUT2D eigenvalue weighted by molar-refractivity contribution is 5.75. The number of benzene rings is 2. The molecule has 2 aromatic carbocycles. The number of morpholine rings is 2. The van der Waals surface area contributed by atoms with Crippen molar-refractivity contribution < 1.29 is 94.8 Å². The van der Waals surface area contributed by atoms with Crippen LogP contribution in [0.4, 0.5) is 71.1 Å². The molecule has 6 saturated heterocycles. The molecule has 1 N–H and O–H groups in total. The van der Waals surface area contributed by atoms with Gasteiger partial charge in [-0.15, -0.1) is 0 Å². The first kappa shape index (κ1) is 63.6. The highest BCUT2D eigenvalue weighted by Crippen LogP contribution is 2.49. The summed E-state index contributed by atoms with van der Waals surface area (Å²) in [4.78, 5) is 42.8. The summed E-state index contributed by atoms with van der Waals surface area (Å²) in [7, 11) is 0. The van der Waals surface area contributed by atoms with Crippen LogP contribution in [0.25, 0.3) is 0 Å². The summed E-state index contributed by atoms with van der Waals surface area (Å²) in [6.07, 6.45) is -30.4. The first-order valence-corrected chi connectivity index (χ1v) is 25.9. The van der Waals surface area contributed by atoms with Crippen LogP contribution >= 0.6 is 0 Å². The number of aldehydes is 1. The molecule has 0 saturated carbocycles. The van der Waals surface area contributed by atoms with Crippen molar-refractivity contribution in [2.24, 2.45) is 10.8 Å². The molecule has 0 aliphatic carbocycles. The lowest BCUT2D eigenvalue weighted by atomic mass is 9.74. The number of rotatable bonds is 9. The van der Waals surface area contributed by atoms with Gasteiger partial charge in [0.15, 0.2) is 6.29 Å². The number of hydrogen-bond donors (Lipinski definition) is 1. The van der Waals surface area contributed by atoms with Gasteiger partial charge in [-0.05, 0) is 83.1 Å². The molecule has 0 radical (unpaired) electrons. The number of halogens is 14. The van der Waals surface area contributed by atoms with Crippen LogP contribution in [0.5, 0.6) is 0 Å². The molecule has 6 aliphatic heterocycles. The second kappa shape index (κ2) is 25.3. The van der Waals surface area contributed by atoms with Crippen LogP contribution in [-0.4, -0.2) is 183 Å². The van der Waals surface area contributed by atoms with Crippen molar-refractivity contribution in [3.05, 3.63) is 70.3 Å². The number of nitrogens with zero attached hydrogens (tertiary/aromatic N) is 5. The number of amides is 2. The lowest BCUT2D eigenvalue weighted by Crippen LogP contribution is -2.50. The summed E-state index contributed by atoms with van der Waals surface area (Å²) in [6.45, 7) is 16.7. The zero-order valence-electron chi connectivity index (χ0n) is 44.3. The molecule has 6 fully saturated rings. The Kier molecular flexibility index (Phi) is 20.4. The zero-order valence-corrected chi connectivity index (χ0v) is 44.3. The van der Waals surface area contributed by atoms with Crippen LogP contribution in [0.1, 0.15) is 93.3 Å². The van der Waals surface area contributed by atoms with E-state index in [0.29, 0.717) is 108 Å². The van der Waals surface area contributed by atoms with E-state index in [-0.39, 0.29) is 59.5 Å². The zero-order chi connectivity index (χ0) is 58.4. The fourth-order valence-electron chi connectivity index (χ4n) is 11.4. The Morgan fingerprint density at radius 2 is 0.975 bits per heavy atom. The van der Waals surface area contributed by atoms with Gasteiger partial charge >= 0.3 is 36.9 Å². The molecule has 6 aliphatic rings. The standard InChI is InChI=1S/C26H34F7N3O3.C14H20F6N2O2.C12H14FNO2/c1-23(2)16-24(6-8-35(9-7-24)22(37)39-21(25(28,29)30)26(31,32)33)17-36(23)15-19-5-3-4-18(20(19)27)14-34-10-12-38-13-11-34;1-11(2)7-12(8-21-11)3-5-22(6-4-12)10(23)24-9(13(15,16)17)14(18,19)20;13-12-10(2-1-3-11(12)9-15)8-14-4-6-16-7-5-14/h3-5,21H,6-17H2,1-2H3;9,21H,3-8H2,1-2H3;1-3,9H,4-8H2. The van der Waals surface area contributed by atoms with Crippen molar-refractivity contribution in [2.45, 2.75) is 134 Å². The van der Waals surface area contributed by atoms with Crippen LogP contribution in [-0.2, 0) is 38.6 Å². The van der Waals surface area contributed by atoms with Crippen LogP contribution < -0.4 is 5.32 Å². The monoisotopic (exact) mass is 1150 g/mol. The van der Waals surface area contributed by atoms with Crippen LogP contribution in [0.2, 0.25) is 0 Å². The summed E-state index contributed by atoms with van der Waals surface area (Å²) in [6, 6.07) is 10.3. The molecule has 0 unspecified atom stereocenters. The summed E-state index contributed by atoms with van der Waals surface area (Å²) in [5.74, 6) is -0.647. The number of alkyl halides is 12. The summed E-state index contributed by atoms with van der Waals surface area (Å²) < 4.78 is 199. The number of ether oxygens (including phenoxy) is 4. The van der Waals surface area contributed by atoms with Gasteiger partial charge in [0.1, 0.15) is 11.6 Å². The smallest absolute Gasteiger partial charge is 0.426 e. The van der Waals surface area contributed by atoms with Crippen molar-refractivity contribution in [1.82, 2.24) is 29.8 Å². The quantitative estimate of drug-likeness (QED) is 0.191. The topological polar surface area (TPSA) is 116 Å². The Hall–Kier alpha value is -4.57. The van der Waals surface area contributed by atoms with E-state index in [1.807, 2.05) is 33.8 Å². The molecule has 13 nitrogen and oxygen atoms in total. The molecule has 79 heavy (non-hydrogen) atoms. The van der Waals surface area contributed by atoms with Crippen molar-refractivity contribution >= 4 is 18.5 Å². The first-order valence-electron chi connectivity index (χ1n) is 25.9. The Bertz CT molecular complexity index is 2330. The SMILES string of the molecule is CC1(C)CC2(CCN(C(=O)OC(C(F)(F)F)C(F)(F)F)CC2)CN1.CC1(C)CC2(CCN(C(=O)OC(C(F)(F)F)C(F)(F)F)CC2)CN1Cc1cccc(CN2CCOCC2)c1F.O=Cc1cccc(CN2CCOCC2)c1F. The average Bonchev–Trinajstić information content (AvgIpc) is 3.88. The summed E-state index contributed by atoms with van der Waals surface area (Å²) in [5.41, 5.74) is 1.12. The minimum atomic E-state index is -5.75. The third kappa shape index (κ3) is 17.2. The van der Waals surface area contributed by atoms with E-state index < -0.39 is 54.9 Å². The molecule has 0 atom stereocenters. The first-order chi connectivity index (χ1) is 36.6. The van der Waals surface area contributed by atoms with Gasteiger partial charge in [0.05, 0.1) is 32.0 Å². The minimum Gasteiger partial charge on any atom is -0.426 e. The second-order valence-electron chi connectivity index (χ2n) is 22.5. The number of likely N-dealkylation sites (tertiary alicyclic amines) is 3. The Labute approximate surface area is 449 Å². The Balaban J connectivity index is 0.000000213. The maximum atomic E-state index is 15.5. The molecule has 27 heteroatoms. The predicted octanol–water partition coefficient (Wildman–Crippen LogP) is 10.3. The number of piperidine rings is 2. The van der Waals surface area contributed by atoms with E-state index >= 15 is 4.39 Å². The van der Waals surface area contributed by atoms with Crippen molar-refractivity contribution in [2.75, 3.05) is 91.9 Å². The Morgan fingerprint density at radius 1 is 0.582 bits per heavy atom. The van der Waals surface area contributed by atoms with Crippen molar-refractivity contribution in [1.29, 1.82) is 0 Å². The van der Waals surface area contributed by atoms with E-state index in [2.05, 4.69) is 29.5 Å². The van der Waals surface area contributed by atoms with Gasteiger partial charge < -0.3 is 34.1 Å². The number of carbonyl (C=O) groups is 3. The fraction of sp³-hybridized carbons (Fsp3) is 0.712. The van der Waals surface area contributed by atoms with E-state index in [0.717, 1.165) is 48.9 Å². The second-order valence-corrected chi connectivity index (χ2v) is 22.5.